The van der Waals surface area contributed by atoms with Gasteiger partial charge in [-0.1, -0.05) is 30.3 Å². The van der Waals surface area contributed by atoms with Crippen molar-refractivity contribution in [2.24, 2.45) is 0 Å². The molecule has 1 aromatic carbocycles. The van der Waals surface area contributed by atoms with E-state index in [1.54, 1.807) is 27.7 Å². The van der Waals surface area contributed by atoms with E-state index >= 15 is 0 Å². The predicted octanol–water partition coefficient (Wildman–Crippen LogP) is 2.92. The molecule has 0 heterocycles. The van der Waals surface area contributed by atoms with Crippen LogP contribution in [0.3, 0.4) is 0 Å². The third-order valence-electron chi connectivity index (χ3n) is 3.31. The molecule has 0 aliphatic carbocycles. The third kappa shape index (κ3) is 9.27. The van der Waals surface area contributed by atoms with Crippen LogP contribution in [0.25, 0.3) is 0 Å². The number of alkyl carbamates (subject to hydrolysis) is 1. The Bertz CT molecular complexity index is 557. The van der Waals surface area contributed by atoms with Crippen LogP contribution in [0.1, 0.15) is 39.7 Å². The fourth-order valence-electron chi connectivity index (χ4n) is 2.19. The van der Waals surface area contributed by atoms with E-state index in [9.17, 15) is 9.59 Å². The Labute approximate surface area is 155 Å². The van der Waals surface area contributed by atoms with E-state index in [0.717, 1.165) is 5.56 Å². The van der Waals surface area contributed by atoms with Crippen LogP contribution in [0.2, 0.25) is 0 Å². The summed E-state index contributed by atoms with van der Waals surface area (Å²) < 4.78 is 10.5. The molecular weight excluding hydrogens is 336 g/mol. The smallest absolute Gasteiger partial charge is 0.410 e. The van der Waals surface area contributed by atoms with Crippen LogP contribution >= 0.6 is 0 Å². The van der Waals surface area contributed by atoms with E-state index in [1.165, 1.54) is 4.90 Å². The molecule has 0 unspecified atom stereocenters. The van der Waals surface area contributed by atoms with Gasteiger partial charge in [0.2, 0.25) is 0 Å². The second kappa shape index (κ2) is 10.7. The van der Waals surface area contributed by atoms with Gasteiger partial charge in [0, 0.05) is 25.7 Å². The first kappa shape index (κ1) is 21.8. The number of rotatable bonds is 8. The number of nitrogens with one attached hydrogen (secondary N) is 1. The summed E-state index contributed by atoms with van der Waals surface area (Å²) in [6.45, 7) is 7.90. The van der Waals surface area contributed by atoms with Gasteiger partial charge in [-0.25, -0.2) is 9.59 Å². The van der Waals surface area contributed by atoms with Crippen LogP contribution in [0, 0.1) is 0 Å². The largest absolute Gasteiger partial charge is 0.445 e. The highest BCUT2D eigenvalue weighted by Gasteiger charge is 2.23. The molecule has 7 heteroatoms. The zero-order valence-electron chi connectivity index (χ0n) is 16.0. The van der Waals surface area contributed by atoms with Gasteiger partial charge in [0.15, 0.2) is 0 Å². The second-order valence-corrected chi connectivity index (χ2v) is 7.11. The number of nitrogens with zero attached hydrogens (tertiary/aromatic N) is 1. The highest BCUT2D eigenvalue weighted by Crippen LogP contribution is 2.11. The molecule has 1 aromatic rings. The van der Waals surface area contributed by atoms with Crippen LogP contribution in [-0.2, 0) is 16.1 Å². The summed E-state index contributed by atoms with van der Waals surface area (Å²) in [6.07, 6.45) is -0.588. The average Bonchev–Trinajstić information content (AvgIpc) is 2.56. The van der Waals surface area contributed by atoms with Crippen molar-refractivity contribution in [3.8, 4) is 0 Å². The van der Waals surface area contributed by atoms with E-state index < -0.39 is 17.8 Å². The van der Waals surface area contributed by atoms with Crippen LogP contribution < -0.4 is 5.32 Å². The van der Waals surface area contributed by atoms with E-state index in [0.29, 0.717) is 13.0 Å². The summed E-state index contributed by atoms with van der Waals surface area (Å²) in [5.74, 6) is 0. The maximum atomic E-state index is 12.3. The SMILES string of the molecule is C[C@@H](CN(CCCO)C(=O)OC(C)(C)C)NC(=O)OCc1ccccc1. The summed E-state index contributed by atoms with van der Waals surface area (Å²) in [7, 11) is 0. The molecule has 1 atom stereocenters. The molecule has 1 rings (SSSR count). The number of benzene rings is 1. The Kier molecular flexibility index (Phi) is 8.92. The van der Waals surface area contributed by atoms with Crippen molar-refractivity contribution in [1.29, 1.82) is 0 Å². The van der Waals surface area contributed by atoms with Gasteiger partial charge < -0.3 is 24.8 Å². The first-order valence-electron chi connectivity index (χ1n) is 8.77. The number of hydrogen-bond donors (Lipinski definition) is 2. The number of ether oxygens (including phenoxy) is 2. The molecule has 0 bridgehead atoms. The van der Waals surface area contributed by atoms with E-state index in [-0.39, 0.29) is 25.8 Å². The Balaban J connectivity index is 2.49. The fourth-order valence-corrected chi connectivity index (χ4v) is 2.19. The van der Waals surface area contributed by atoms with Crippen LogP contribution in [-0.4, -0.2) is 53.5 Å². The van der Waals surface area contributed by atoms with E-state index in [4.69, 9.17) is 14.6 Å². The number of hydrogen-bond acceptors (Lipinski definition) is 5. The zero-order chi connectivity index (χ0) is 19.6. The van der Waals surface area contributed by atoms with Gasteiger partial charge in [0.1, 0.15) is 12.2 Å². The monoisotopic (exact) mass is 366 g/mol. The first-order chi connectivity index (χ1) is 12.2. The third-order valence-corrected chi connectivity index (χ3v) is 3.31. The molecule has 0 aromatic heterocycles. The van der Waals surface area contributed by atoms with Crippen LogP contribution in [0.4, 0.5) is 9.59 Å². The minimum Gasteiger partial charge on any atom is -0.445 e. The lowest BCUT2D eigenvalue weighted by atomic mass is 10.2. The minimum atomic E-state index is -0.611. The fraction of sp³-hybridized carbons (Fsp3) is 0.579. The molecule has 0 saturated carbocycles. The lowest BCUT2D eigenvalue weighted by molar-refractivity contribution is 0.0223. The van der Waals surface area contributed by atoms with Crippen molar-refractivity contribution >= 4 is 12.2 Å². The van der Waals surface area contributed by atoms with Crippen molar-refractivity contribution in [2.45, 2.75) is 52.4 Å². The molecule has 0 aliphatic rings. The molecule has 0 radical (unpaired) electrons. The van der Waals surface area contributed by atoms with Gasteiger partial charge in [0.25, 0.3) is 0 Å². The highest BCUT2D eigenvalue weighted by atomic mass is 16.6. The number of aliphatic hydroxyl groups excluding tert-OH is 1. The normalized spacial score (nSPS) is 12.2. The molecule has 2 N–H and O–H groups in total. The maximum Gasteiger partial charge on any atom is 0.410 e. The Morgan fingerprint density at radius 2 is 1.88 bits per heavy atom. The summed E-state index contributed by atoms with van der Waals surface area (Å²) in [6, 6.07) is 9.05. The average molecular weight is 366 g/mol. The number of aliphatic hydroxyl groups is 1. The first-order valence-corrected chi connectivity index (χ1v) is 8.77. The number of amides is 2. The molecule has 0 saturated heterocycles. The number of carbonyl (C=O) groups excluding carboxylic acids is 2. The van der Waals surface area contributed by atoms with Gasteiger partial charge in [-0.3, -0.25) is 0 Å². The topological polar surface area (TPSA) is 88.1 Å². The van der Waals surface area contributed by atoms with Gasteiger partial charge in [-0.2, -0.15) is 0 Å². The summed E-state index contributed by atoms with van der Waals surface area (Å²) in [4.78, 5) is 25.7. The van der Waals surface area contributed by atoms with Gasteiger partial charge in [0.05, 0.1) is 0 Å². The second-order valence-electron chi connectivity index (χ2n) is 7.11. The van der Waals surface area contributed by atoms with E-state index in [1.807, 2.05) is 30.3 Å². The maximum absolute atomic E-state index is 12.3. The Morgan fingerprint density at radius 3 is 2.46 bits per heavy atom. The highest BCUT2D eigenvalue weighted by molar-refractivity contribution is 5.69. The molecule has 26 heavy (non-hydrogen) atoms. The van der Waals surface area contributed by atoms with Crippen molar-refractivity contribution in [3.63, 3.8) is 0 Å². The zero-order valence-corrected chi connectivity index (χ0v) is 16.0. The molecule has 7 nitrogen and oxygen atoms in total. The van der Waals surface area contributed by atoms with Crippen molar-refractivity contribution in [1.82, 2.24) is 10.2 Å². The van der Waals surface area contributed by atoms with Crippen LogP contribution in [0.5, 0.6) is 0 Å². The summed E-state index contributed by atoms with van der Waals surface area (Å²) >= 11 is 0. The molecule has 146 valence electrons. The molecular formula is C19H30N2O5. The summed E-state index contributed by atoms with van der Waals surface area (Å²) in [5.41, 5.74) is 0.286. The molecule has 0 fully saturated rings. The lowest BCUT2D eigenvalue weighted by Crippen LogP contribution is -2.46. The molecule has 2 amide bonds. The minimum absolute atomic E-state index is 0.0276. The quantitative estimate of drug-likeness (QED) is 0.738. The van der Waals surface area contributed by atoms with E-state index in [2.05, 4.69) is 5.32 Å². The number of carbonyl (C=O) groups is 2. The van der Waals surface area contributed by atoms with Crippen molar-refractivity contribution in [2.75, 3.05) is 19.7 Å². The molecule has 0 aliphatic heterocycles. The summed E-state index contributed by atoms with van der Waals surface area (Å²) in [5, 5.41) is 11.7. The Morgan fingerprint density at radius 1 is 1.23 bits per heavy atom. The standard InChI is InChI=1S/C19H30N2O5/c1-15(20-17(23)25-14-16-9-6-5-7-10-16)13-21(11-8-12-22)18(24)26-19(2,3)4/h5-7,9-10,15,22H,8,11-14H2,1-4H3,(H,20,23)/t15-/m0/s1. The van der Waals surface area contributed by atoms with Gasteiger partial charge in [-0.15, -0.1) is 0 Å². The van der Waals surface area contributed by atoms with Gasteiger partial charge in [-0.05, 0) is 39.7 Å². The van der Waals surface area contributed by atoms with Crippen LogP contribution in [0.15, 0.2) is 30.3 Å². The lowest BCUT2D eigenvalue weighted by Gasteiger charge is -2.29. The van der Waals surface area contributed by atoms with Gasteiger partial charge >= 0.3 is 12.2 Å². The van der Waals surface area contributed by atoms with Crippen molar-refractivity contribution in [3.05, 3.63) is 35.9 Å². The predicted molar refractivity (Wildman–Crippen MR) is 98.7 cm³/mol. The van der Waals surface area contributed by atoms with Crippen molar-refractivity contribution < 1.29 is 24.2 Å². The molecule has 0 spiro atoms. The Hall–Kier alpha value is -2.28.